The first-order valence-corrected chi connectivity index (χ1v) is 19.8. The number of carbonyl (C=O) groups excluding carboxylic acids is 3. The van der Waals surface area contributed by atoms with E-state index in [0.29, 0.717) is 28.6 Å². The molecular formula is C43H37N5O6Si. The maximum absolute atomic E-state index is 13.5. The molecule has 11 nitrogen and oxygen atoms in total. The lowest BCUT2D eigenvalue weighted by Crippen LogP contribution is -2.67. The van der Waals surface area contributed by atoms with Gasteiger partial charge >= 0.3 is 0 Å². The topological polar surface area (TPSA) is 160 Å². The third-order valence-electron chi connectivity index (χ3n) is 10.4. The Morgan fingerprint density at radius 2 is 1.53 bits per heavy atom. The van der Waals surface area contributed by atoms with Gasteiger partial charge in [-0.15, -0.1) is 0 Å². The van der Waals surface area contributed by atoms with Gasteiger partial charge in [-0.1, -0.05) is 93.4 Å². The zero-order valence-corrected chi connectivity index (χ0v) is 31.4. The Bertz CT molecular complexity index is 2520. The van der Waals surface area contributed by atoms with Crippen LogP contribution in [-0.4, -0.2) is 69.6 Å². The van der Waals surface area contributed by atoms with Crippen LogP contribution in [0.1, 0.15) is 87.0 Å². The smallest absolute Gasteiger partial charge is 0.261 e. The highest BCUT2D eigenvalue weighted by atomic mass is 28.4. The number of imidazole rings is 1. The zero-order chi connectivity index (χ0) is 38.5. The van der Waals surface area contributed by atoms with Crippen LogP contribution in [0, 0.1) is 11.8 Å². The van der Waals surface area contributed by atoms with Crippen LogP contribution >= 0.6 is 0 Å². The fraction of sp³-hybridized carbons (Fsp3) is 0.209. The Kier molecular flexibility index (Phi) is 9.11. The molecule has 3 heterocycles. The summed E-state index contributed by atoms with van der Waals surface area (Å²) in [5.74, 6) is 5.93. The van der Waals surface area contributed by atoms with Crippen molar-refractivity contribution in [2.24, 2.45) is 0 Å². The maximum atomic E-state index is 13.5. The van der Waals surface area contributed by atoms with E-state index in [1.54, 1.807) is 22.8 Å². The fourth-order valence-electron chi connectivity index (χ4n) is 7.73. The molecule has 0 saturated carbocycles. The van der Waals surface area contributed by atoms with Crippen LogP contribution in [0.4, 0.5) is 5.82 Å². The number of ketones is 2. The highest BCUT2D eigenvalue weighted by Gasteiger charge is 2.51. The molecule has 0 amide bonds. The summed E-state index contributed by atoms with van der Waals surface area (Å²) in [6.45, 7) is 6.72. The number of ether oxygens (including phenoxy) is 1. The molecule has 0 unspecified atom stereocenters. The van der Waals surface area contributed by atoms with Gasteiger partial charge < -0.3 is 20.0 Å². The summed E-state index contributed by atoms with van der Waals surface area (Å²) in [5.41, 5.74) is 8.62. The number of aromatic nitrogens is 4. The van der Waals surface area contributed by atoms with Gasteiger partial charge in [-0.25, -0.2) is 15.0 Å². The summed E-state index contributed by atoms with van der Waals surface area (Å²) in [5, 5.41) is 13.5. The largest absolute Gasteiger partial charge is 0.405 e. The van der Waals surface area contributed by atoms with Crippen LogP contribution in [0.25, 0.3) is 11.2 Å². The second-order valence-corrected chi connectivity index (χ2v) is 19.0. The molecular weight excluding hydrogens is 711 g/mol. The first-order valence-electron chi connectivity index (χ1n) is 17.9. The van der Waals surface area contributed by atoms with E-state index in [0.717, 1.165) is 10.4 Å². The minimum atomic E-state index is -2.92. The molecule has 3 atom stereocenters. The van der Waals surface area contributed by atoms with Gasteiger partial charge in [-0.2, -0.15) is 0 Å². The van der Waals surface area contributed by atoms with Crippen molar-refractivity contribution in [3.05, 3.63) is 143 Å². The second-order valence-electron chi connectivity index (χ2n) is 14.7. The van der Waals surface area contributed by atoms with Crippen LogP contribution in [0.5, 0.6) is 0 Å². The lowest BCUT2D eigenvalue weighted by atomic mass is 9.83. The minimum absolute atomic E-state index is 0.136. The van der Waals surface area contributed by atoms with Crippen molar-refractivity contribution in [3.63, 3.8) is 0 Å². The number of hydrogen-bond donors (Lipinski definition) is 2. The molecule has 4 aromatic carbocycles. The van der Waals surface area contributed by atoms with E-state index in [1.807, 2.05) is 36.4 Å². The van der Waals surface area contributed by atoms with E-state index < -0.39 is 26.8 Å². The Hall–Kier alpha value is -6.10. The van der Waals surface area contributed by atoms with E-state index in [2.05, 4.69) is 71.8 Å². The second kappa shape index (κ2) is 14.0. The molecule has 1 aliphatic carbocycles. The number of rotatable bonds is 7. The summed E-state index contributed by atoms with van der Waals surface area (Å²) in [7, 11) is -2.92. The molecule has 0 radical (unpaired) electrons. The number of carbonyl (C=O) groups is 3. The number of benzene rings is 4. The Morgan fingerprint density at radius 3 is 2.16 bits per heavy atom. The van der Waals surface area contributed by atoms with E-state index in [9.17, 15) is 19.5 Å². The first kappa shape index (κ1) is 35.9. The van der Waals surface area contributed by atoms with Gasteiger partial charge in [0, 0.05) is 39.8 Å². The van der Waals surface area contributed by atoms with Crippen molar-refractivity contribution in [2.45, 2.75) is 50.7 Å². The lowest BCUT2D eigenvalue weighted by Gasteiger charge is -2.43. The van der Waals surface area contributed by atoms with Crippen LogP contribution in [0.3, 0.4) is 0 Å². The van der Waals surface area contributed by atoms with Crippen LogP contribution in [-0.2, 0) is 9.16 Å². The van der Waals surface area contributed by atoms with Gasteiger partial charge in [0.05, 0.1) is 12.7 Å². The number of hydrogen-bond acceptors (Lipinski definition) is 10. The molecule has 2 aliphatic rings. The normalized spacial score (nSPS) is 18.1. The molecule has 12 heteroatoms. The first-order chi connectivity index (χ1) is 26.5. The summed E-state index contributed by atoms with van der Waals surface area (Å²) < 4.78 is 15.4. The number of aliphatic hydroxyl groups excluding tert-OH is 1. The van der Waals surface area contributed by atoms with E-state index in [4.69, 9.17) is 14.9 Å². The summed E-state index contributed by atoms with van der Waals surface area (Å²) >= 11 is 0. The summed E-state index contributed by atoms with van der Waals surface area (Å²) in [6, 6.07) is 29.8. The van der Waals surface area contributed by atoms with Crippen molar-refractivity contribution in [1.29, 1.82) is 0 Å². The van der Waals surface area contributed by atoms with Gasteiger partial charge in [-0.3, -0.25) is 19.0 Å². The highest BCUT2D eigenvalue weighted by molar-refractivity contribution is 6.99. The number of anilines is 1. The van der Waals surface area contributed by atoms with Gasteiger partial charge in [0.25, 0.3) is 8.32 Å². The number of nitrogen functional groups attached to an aromatic ring is 1. The highest BCUT2D eigenvalue weighted by Crippen LogP contribution is 2.39. The molecule has 8 rings (SSSR count). The van der Waals surface area contributed by atoms with Crippen LogP contribution < -0.4 is 16.1 Å². The number of aliphatic hydroxyl groups is 1. The summed E-state index contributed by atoms with van der Waals surface area (Å²) in [6.07, 6.45) is -0.0964. The number of fused-ring (bicyclic) bond motifs is 3. The van der Waals surface area contributed by atoms with Crippen molar-refractivity contribution in [2.75, 3.05) is 12.3 Å². The zero-order valence-electron chi connectivity index (χ0n) is 30.4. The van der Waals surface area contributed by atoms with Crippen molar-refractivity contribution < 1.29 is 28.7 Å². The molecule has 2 aromatic heterocycles. The van der Waals surface area contributed by atoms with Crippen LogP contribution in [0.2, 0.25) is 5.04 Å². The third kappa shape index (κ3) is 6.17. The predicted molar refractivity (Wildman–Crippen MR) is 209 cm³/mol. The molecule has 55 heavy (non-hydrogen) atoms. The Morgan fingerprint density at radius 1 is 0.891 bits per heavy atom. The average molecular weight is 748 g/mol. The summed E-state index contributed by atoms with van der Waals surface area (Å²) in [4.78, 5) is 51.4. The van der Waals surface area contributed by atoms with Gasteiger partial charge in [-0.05, 0) is 51.7 Å². The third-order valence-corrected chi connectivity index (χ3v) is 15.4. The number of nitrogens with two attached hydrogens (primary N) is 1. The fourth-order valence-corrected chi connectivity index (χ4v) is 12.3. The molecule has 0 bridgehead atoms. The van der Waals surface area contributed by atoms with Gasteiger partial charge in [0.1, 0.15) is 24.9 Å². The predicted octanol–water partition coefficient (Wildman–Crippen LogP) is 4.62. The van der Waals surface area contributed by atoms with Crippen molar-refractivity contribution >= 4 is 53.5 Å². The molecule has 1 saturated heterocycles. The standard InChI is InChI=1S/C43H37N5O6Si/c1-43(2,3)55(28-10-6-4-7-11-28,29-12-8-5-9-13-29)53-24-35-34(50)22-37(54-35)48-36(47-38-41(44)45-25-46-42(38)48)19-16-26-14-17-30-32(20-26)39(51)31-18-15-27(23-49)21-33(31)40(30)52/h4-15,17-18,20-21,23,25,34-35,37,50H,22,24H2,1-3H3,(H2,44,45,46)/t34-,35+,37+/m0/s1. The Labute approximate surface area is 318 Å². The molecule has 3 N–H and O–H groups in total. The van der Waals surface area contributed by atoms with Crippen molar-refractivity contribution in [1.82, 2.24) is 19.5 Å². The van der Waals surface area contributed by atoms with E-state index in [-0.39, 0.29) is 63.5 Å². The maximum Gasteiger partial charge on any atom is 0.261 e. The average Bonchev–Trinajstić information content (AvgIpc) is 3.76. The molecule has 0 spiro atoms. The molecule has 1 aliphatic heterocycles. The monoisotopic (exact) mass is 747 g/mol. The Balaban J connectivity index is 1.11. The quantitative estimate of drug-likeness (QED) is 0.134. The van der Waals surface area contributed by atoms with E-state index in [1.165, 1.54) is 24.5 Å². The molecule has 6 aromatic rings. The molecule has 274 valence electrons. The SMILES string of the molecule is CC(C)(C)[Si](OC[C@H]1O[C@@H](n2c(C#Cc3ccc4c(c3)C(=O)c3ccc(C=O)cc3C4=O)nc3c(N)ncnc32)C[C@@H]1O)(c1ccccc1)c1ccccc1. The molecule has 1 fully saturated rings. The number of nitrogens with zero attached hydrogens (tertiary/aromatic N) is 4. The van der Waals surface area contributed by atoms with E-state index >= 15 is 0 Å². The van der Waals surface area contributed by atoms with Gasteiger partial charge in [0.2, 0.25) is 0 Å². The van der Waals surface area contributed by atoms with Gasteiger partial charge in [0.15, 0.2) is 34.4 Å². The van der Waals surface area contributed by atoms with Crippen LogP contribution in [0.15, 0.2) is 103 Å². The lowest BCUT2D eigenvalue weighted by molar-refractivity contribution is -0.0401. The number of aldehydes is 1. The van der Waals surface area contributed by atoms with Crippen molar-refractivity contribution in [3.8, 4) is 11.8 Å². The minimum Gasteiger partial charge on any atom is -0.405 e.